The summed E-state index contributed by atoms with van der Waals surface area (Å²) in [6.45, 7) is 0.435. The predicted octanol–water partition coefficient (Wildman–Crippen LogP) is 1.72. The number of esters is 1. The number of amidine groups is 1. The topological polar surface area (TPSA) is 119 Å². The molecule has 0 radical (unpaired) electrons. The van der Waals surface area contributed by atoms with Crippen molar-refractivity contribution >= 4 is 18.1 Å². The molecule has 0 saturated carbocycles. The molecule has 120 valence electrons. The summed E-state index contributed by atoms with van der Waals surface area (Å²) in [4.78, 5) is 21.2. The molecule has 5 N–H and O–H groups in total. The van der Waals surface area contributed by atoms with Crippen LogP contribution in [0.4, 0.5) is 0 Å². The van der Waals surface area contributed by atoms with E-state index in [2.05, 4.69) is 4.74 Å². The lowest BCUT2D eigenvalue weighted by Crippen LogP contribution is -2.10. The van der Waals surface area contributed by atoms with Gasteiger partial charge < -0.3 is 16.2 Å². The van der Waals surface area contributed by atoms with Gasteiger partial charge in [-0.15, -0.1) is 0 Å². The van der Waals surface area contributed by atoms with Gasteiger partial charge in [0.05, 0.1) is 12.7 Å². The van der Waals surface area contributed by atoms with E-state index < -0.39 is 0 Å². The molecule has 0 aliphatic heterocycles. The number of aldehydes is 1. The quantitative estimate of drug-likeness (QED) is 0.343. The Morgan fingerprint density at radius 1 is 1.17 bits per heavy atom. The van der Waals surface area contributed by atoms with Crippen LogP contribution in [0, 0.1) is 5.41 Å². The smallest absolute Gasteiger partial charge is 0.337 e. The molecule has 0 bridgehead atoms. The summed E-state index contributed by atoms with van der Waals surface area (Å²) in [5.74, 6) is -0.312. The van der Waals surface area contributed by atoms with Crippen molar-refractivity contribution in [3.05, 3.63) is 70.8 Å². The van der Waals surface area contributed by atoms with Crippen molar-refractivity contribution in [2.45, 2.75) is 6.54 Å². The van der Waals surface area contributed by atoms with Crippen molar-refractivity contribution < 1.29 is 14.3 Å². The Labute approximate surface area is 134 Å². The Morgan fingerprint density at radius 2 is 1.83 bits per heavy atom. The van der Waals surface area contributed by atoms with Crippen LogP contribution in [-0.4, -0.2) is 25.2 Å². The first kappa shape index (κ1) is 18.1. The van der Waals surface area contributed by atoms with Crippen LogP contribution >= 0.6 is 0 Å². The van der Waals surface area contributed by atoms with Gasteiger partial charge >= 0.3 is 5.97 Å². The maximum Gasteiger partial charge on any atom is 0.337 e. The number of carbonyl (C=O) groups excluding carboxylic acids is 2. The van der Waals surface area contributed by atoms with E-state index in [9.17, 15) is 9.59 Å². The van der Waals surface area contributed by atoms with Gasteiger partial charge in [0.15, 0.2) is 0 Å². The van der Waals surface area contributed by atoms with Gasteiger partial charge in [0.1, 0.15) is 12.1 Å². The highest BCUT2D eigenvalue weighted by molar-refractivity contribution is 5.95. The maximum atomic E-state index is 11.0. The molecule has 0 heterocycles. The number of carbonyl (C=O) groups is 2. The number of hydrogen-bond donors (Lipinski definition) is 3. The van der Waals surface area contributed by atoms with Crippen LogP contribution < -0.4 is 11.5 Å². The molecular weight excluding hydrogens is 294 g/mol. The third-order valence-electron chi connectivity index (χ3n) is 2.94. The Bertz CT molecular complexity index is 682. The fourth-order valence-electron chi connectivity index (χ4n) is 1.68. The summed E-state index contributed by atoms with van der Waals surface area (Å²) in [6.07, 6.45) is 0.754. The number of ether oxygens (including phenoxy) is 1. The van der Waals surface area contributed by atoms with Crippen LogP contribution in [0.25, 0.3) is 0 Å². The first-order valence-electron chi connectivity index (χ1n) is 6.78. The van der Waals surface area contributed by atoms with Crippen LogP contribution in [0.5, 0.6) is 0 Å². The Morgan fingerprint density at radius 3 is 2.30 bits per heavy atom. The van der Waals surface area contributed by atoms with Crippen molar-refractivity contribution in [2.24, 2.45) is 11.5 Å². The minimum Gasteiger partial charge on any atom is -0.465 e. The van der Waals surface area contributed by atoms with E-state index in [0.717, 1.165) is 11.8 Å². The second kappa shape index (κ2) is 9.11. The third-order valence-corrected chi connectivity index (χ3v) is 2.94. The van der Waals surface area contributed by atoms with Crippen LogP contribution in [0.15, 0.2) is 48.5 Å². The highest BCUT2D eigenvalue weighted by atomic mass is 16.5. The largest absolute Gasteiger partial charge is 0.465 e. The maximum absolute atomic E-state index is 11.0. The monoisotopic (exact) mass is 313 g/mol. The number of nitrogens with one attached hydrogen (secondary N) is 1. The zero-order valence-corrected chi connectivity index (χ0v) is 12.8. The van der Waals surface area contributed by atoms with Crippen molar-refractivity contribution in [3.8, 4) is 0 Å². The standard InChI is InChI=1S/C9H11NO2.C8H8N2O/c1-12-9(11)8-4-2-3-7(5-8)6-10;9-8(10)7-3-1-6(5-11)2-4-7/h2-5H,6,10H2,1H3;1-5H,(H3,9,10). The van der Waals surface area contributed by atoms with Crippen molar-refractivity contribution in [3.63, 3.8) is 0 Å². The minimum atomic E-state index is -0.328. The van der Waals surface area contributed by atoms with Crippen molar-refractivity contribution in [1.29, 1.82) is 5.41 Å². The second-order valence-corrected chi connectivity index (χ2v) is 4.55. The Hall–Kier alpha value is -2.99. The SMILES string of the molecule is COC(=O)c1cccc(CN)c1.N=C(N)c1ccc(C=O)cc1. The molecule has 0 aromatic heterocycles. The first-order valence-corrected chi connectivity index (χ1v) is 6.78. The van der Waals surface area contributed by atoms with Gasteiger partial charge in [0, 0.05) is 17.7 Å². The molecule has 0 amide bonds. The molecule has 0 aliphatic rings. The van der Waals surface area contributed by atoms with E-state index in [-0.39, 0.29) is 11.8 Å². The lowest BCUT2D eigenvalue weighted by atomic mass is 10.1. The normalized spacial score (nSPS) is 9.30. The first-order chi connectivity index (χ1) is 11.0. The molecule has 2 aromatic rings. The van der Waals surface area contributed by atoms with Crippen LogP contribution in [-0.2, 0) is 11.3 Å². The molecule has 2 rings (SSSR count). The average molecular weight is 313 g/mol. The molecule has 6 heteroatoms. The van der Waals surface area contributed by atoms with Gasteiger partial charge in [-0.25, -0.2) is 4.79 Å². The number of hydrogen-bond acceptors (Lipinski definition) is 5. The Kier molecular flexibility index (Phi) is 7.16. The van der Waals surface area contributed by atoms with Crippen LogP contribution in [0.1, 0.15) is 31.8 Å². The molecule has 0 saturated heterocycles. The molecule has 2 aromatic carbocycles. The summed E-state index contributed by atoms with van der Waals surface area (Å²) < 4.78 is 4.56. The van der Waals surface area contributed by atoms with Gasteiger partial charge in [0.25, 0.3) is 0 Å². The van der Waals surface area contributed by atoms with E-state index >= 15 is 0 Å². The van der Waals surface area contributed by atoms with Crippen LogP contribution in [0.2, 0.25) is 0 Å². The van der Waals surface area contributed by atoms with Crippen molar-refractivity contribution in [2.75, 3.05) is 7.11 Å². The zero-order valence-electron chi connectivity index (χ0n) is 12.8. The third kappa shape index (κ3) is 5.72. The fraction of sp³-hybridized carbons (Fsp3) is 0.118. The summed E-state index contributed by atoms with van der Waals surface area (Å²) >= 11 is 0. The van der Waals surface area contributed by atoms with E-state index in [1.54, 1.807) is 42.5 Å². The number of methoxy groups -OCH3 is 1. The fourth-order valence-corrected chi connectivity index (χ4v) is 1.68. The molecule has 0 atom stereocenters. The van der Waals surface area contributed by atoms with E-state index in [1.165, 1.54) is 7.11 Å². The second-order valence-electron chi connectivity index (χ2n) is 4.55. The van der Waals surface area contributed by atoms with Gasteiger partial charge in [-0.05, 0) is 17.7 Å². The van der Waals surface area contributed by atoms with Gasteiger partial charge in [-0.3, -0.25) is 10.2 Å². The van der Waals surface area contributed by atoms with Crippen molar-refractivity contribution in [1.82, 2.24) is 0 Å². The van der Waals surface area contributed by atoms with Gasteiger partial charge in [-0.2, -0.15) is 0 Å². The zero-order chi connectivity index (χ0) is 17.2. The lowest BCUT2D eigenvalue weighted by molar-refractivity contribution is 0.0600. The highest BCUT2D eigenvalue weighted by Gasteiger charge is 2.03. The number of nitrogens with two attached hydrogens (primary N) is 2. The predicted molar refractivity (Wildman–Crippen MR) is 88.5 cm³/mol. The molecule has 0 fully saturated rings. The molecule has 0 aliphatic carbocycles. The summed E-state index contributed by atoms with van der Waals surface area (Å²) in [6, 6.07) is 13.6. The lowest BCUT2D eigenvalue weighted by Gasteiger charge is -2.00. The number of benzene rings is 2. The summed E-state index contributed by atoms with van der Waals surface area (Å²) in [5.41, 5.74) is 13.3. The number of nitrogen functional groups attached to an aromatic ring is 1. The van der Waals surface area contributed by atoms with E-state index in [0.29, 0.717) is 23.2 Å². The molecule has 23 heavy (non-hydrogen) atoms. The van der Waals surface area contributed by atoms with E-state index in [1.807, 2.05) is 6.07 Å². The molecular formula is C17H19N3O3. The van der Waals surface area contributed by atoms with Gasteiger partial charge in [0.2, 0.25) is 0 Å². The van der Waals surface area contributed by atoms with Gasteiger partial charge in [-0.1, -0.05) is 36.4 Å². The number of rotatable bonds is 4. The highest BCUT2D eigenvalue weighted by Crippen LogP contribution is 2.05. The van der Waals surface area contributed by atoms with Crippen LogP contribution in [0.3, 0.4) is 0 Å². The summed E-state index contributed by atoms with van der Waals surface area (Å²) in [7, 11) is 1.36. The molecule has 0 unspecified atom stereocenters. The summed E-state index contributed by atoms with van der Waals surface area (Å²) in [5, 5.41) is 7.05. The molecule has 6 nitrogen and oxygen atoms in total. The minimum absolute atomic E-state index is 0.0162. The Balaban J connectivity index is 0.000000231. The van der Waals surface area contributed by atoms with E-state index in [4.69, 9.17) is 16.9 Å². The molecule has 0 spiro atoms. The average Bonchev–Trinajstić information content (AvgIpc) is 2.61.